The summed E-state index contributed by atoms with van der Waals surface area (Å²) in [5.41, 5.74) is 1.18. The minimum Gasteiger partial charge on any atom is -0.366 e. The van der Waals surface area contributed by atoms with Gasteiger partial charge >= 0.3 is 0 Å². The zero-order chi connectivity index (χ0) is 16.4. The van der Waals surface area contributed by atoms with Crippen molar-refractivity contribution in [1.82, 2.24) is 15.0 Å². The Balaban J connectivity index is 1.34. The third-order valence-corrected chi connectivity index (χ3v) is 5.01. The highest BCUT2D eigenvalue weighted by Gasteiger charge is 2.26. The number of nitrogens with one attached hydrogen (secondary N) is 1. The molecule has 0 aromatic carbocycles. The molecule has 1 aliphatic heterocycles. The molecule has 0 atom stereocenters. The Hall–Kier alpha value is -2.17. The molecule has 2 aliphatic rings. The first kappa shape index (κ1) is 15.4. The highest BCUT2D eigenvalue weighted by molar-refractivity contribution is 5.41. The molecule has 3 heterocycles. The molecule has 0 bridgehead atoms. The minimum atomic E-state index is 0.583. The quantitative estimate of drug-likeness (QED) is 0.911. The average Bonchev–Trinajstić information content (AvgIpc) is 3.47. The summed E-state index contributed by atoms with van der Waals surface area (Å²) in [6.07, 6.45) is 8.81. The zero-order valence-electron chi connectivity index (χ0n) is 14.3. The lowest BCUT2D eigenvalue weighted by molar-refractivity contribution is 0.436. The van der Waals surface area contributed by atoms with Crippen LogP contribution in [0.1, 0.15) is 49.9 Å². The smallest absolute Gasteiger partial charge is 0.133 e. The molecule has 4 rings (SSSR count). The third kappa shape index (κ3) is 3.66. The van der Waals surface area contributed by atoms with E-state index in [1.54, 1.807) is 0 Å². The Morgan fingerprint density at radius 3 is 2.62 bits per heavy atom. The van der Waals surface area contributed by atoms with Crippen molar-refractivity contribution < 1.29 is 0 Å². The van der Waals surface area contributed by atoms with Gasteiger partial charge in [0, 0.05) is 37.9 Å². The first-order valence-electron chi connectivity index (χ1n) is 9.04. The van der Waals surface area contributed by atoms with Crippen LogP contribution in [0.3, 0.4) is 0 Å². The number of rotatable bonds is 5. The summed E-state index contributed by atoms with van der Waals surface area (Å²) < 4.78 is 0. The second-order valence-corrected chi connectivity index (χ2v) is 7.12. The van der Waals surface area contributed by atoms with E-state index in [0.29, 0.717) is 5.92 Å². The molecule has 1 saturated carbocycles. The SMILES string of the molecule is CC1CCN(c2ccc(CNc3ccnc(C4CC4)n3)cn2)CC1. The van der Waals surface area contributed by atoms with Crippen LogP contribution in [0, 0.1) is 5.92 Å². The zero-order valence-corrected chi connectivity index (χ0v) is 14.3. The van der Waals surface area contributed by atoms with Crippen molar-refractivity contribution in [2.24, 2.45) is 5.92 Å². The number of hydrogen-bond donors (Lipinski definition) is 1. The van der Waals surface area contributed by atoms with Gasteiger partial charge in [-0.25, -0.2) is 15.0 Å². The van der Waals surface area contributed by atoms with Gasteiger partial charge in [0.25, 0.3) is 0 Å². The van der Waals surface area contributed by atoms with Crippen molar-refractivity contribution in [2.75, 3.05) is 23.3 Å². The number of pyridine rings is 1. The predicted octanol–water partition coefficient (Wildman–Crippen LogP) is 3.60. The lowest BCUT2D eigenvalue weighted by atomic mass is 9.99. The van der Waals surface area contributed by atoms with Gasteiger partial charge in [-0.3, -0.25) is 0 Å². The Labute approximate surface area is 143 Å². The number of nitrogens with zero attached hydrogens (tertiary/aromatic N) is 4. The van der Waals surface area contributed by atoms with Crippen LogP contribution < -0.4 is 10.2 Å². The van der Waals surface area contributed by atoms with Gasteiger partial charge in [0.05, 0.1) is 0 Å². The van der Waals surface area contributed by atoms with Crippen molar-refractivity contribution in [1.29, 1.82) is 0 Å². The fraction of sp³-hybridized carbons (Fsp3) is 0.526. The molecule has 5 heteroatoms. The summed E-state index contributed by atoms with van der Waals surface area (Å²) in [7, 11) is 0. The van der Waals surface area contributed by atoms with Gasteiger partial charge in [-0.2, -0.15) is 0 Å². The van der Waals surface area contributed by atoms with E-state index in [9.17, 15) is 0 Å². The van der Waals surface area contributed by atoms with E-state index in [-0.39, 0.29) is 0 Å². The first-order valence-corrected chi connectivity index (χ1v) is 9.04. The van der Waals surface area contributed by atoms with E-state index in [1.165, 1.54) is 31.2 Å². The van der Waals surface area contributed by atoms with Gasteiger partial charge < -0.3 is 10.2 Å². The lowest BCUT2D eigenvalue weighted by Gasteiger charge is -2.31. The summed E-state index contributed by atoms with van der Waals surface area (Å²) in [5.74, 6) is 4.41. The molecular formula is C19H25N5. The average molecular weight is 323 g/mol. The molecule has 5 nitrogen and oxygen atoms in total. The van der Waals surface area contributed by atoms with Crippen LogP contribution in [-0.4, -0.2) is 28.0 Å². The molecule has 0 unspecified atom stereocenters. The van der Waals surface area contributed by atoms with Crippen LogP contribution >= 0.6 is 0 Å². The highest BCUT2D eigenvalue weighted by atomic mass is 15.2. The summed E-state index contributed by atoms with van der Waals surface area (Å²) in [6, 6.07) is 6.24. The van der Waals surface area contributed by atoms with Crippen LogP contribution in [0.2, 0.25) is 0 Å². The van der Waals surface area contributed by atoms with Gasteiger partial charge in [0.15, 0.2) is 0 Å². The van der Waals surface area contributed by atoms with Gasteiger partial charge in [-0.1, -0.05) is 13.0 Å². The third-order valence-electron chi connectivity index (χ3n) is 5.01. The van der Waals surface area contributed by atoms with Crippen molar-refractivity contribution in [2.45, 2.75) is 45.1 Å². The maximum Gasteiger partial charge on any atom is 0.133 e. The van der Waals surface area contributed by atoms with Crippen molar-refractivity contribution in [3.05, 3.63) is 42.0 Å². The van der Waals surface area contributed by atoms with Crippen LogP contribution in [-0.2, 0) is 6.54 Å². The first-order chi connectivity index (χ1) is 11.8. The van der Waals surface area contributed by atoms with Crippen molar-refractivity contribution >= 4 is 11.6 Å². The second-order valence-electron chi connectivity index (χ2n) is 7.12. The highest BCUT2D eigenvalue weighted by Crippen LogP contribution is 2.38. The molecule has 24 heavy (non-hydrogen) atoms. The molecule has 0 radical (unpaired) electrons. The van der Waals surface area contributed by atoms with Crippen LogP contribution in [0.15, 0.2) is 30.6 Å². The maximum absolute atomic E-state index is 4.65. The molecule has 1 saturated heterocycles. The summed E-state index contributed by atoms with van der Waals surface area (Å²) in [4.78, 5) is 16.0. The predicted molar refractivity (Wildman–Crippen MR) is 96.2 cm³/mol. The summed E-state index contributed by atoms with van der Waals surface area (Å²) in [5, 5.41) is 3.38. The van der Waals surface area contributed by atoms with Crippen molar-refractivity contribution in [3.8, 4) is 0 Å². The molecular weight excluding hydrogens is 298 g/mol. The lowest BCUT2D eigenvalue weighted by Crippen LogP contribution is -2.33. The van der Waals surface area contributed by atoms with E-state index in [1.807, 2.05) is 18.5 Å². The van der Waals surface area contributed by atoms with Gasteiger partial charge in [-0.05, 0) is 49.3 Å². The van der Waals surface area contributed by atoms with Crippen LogP contribution in [0.5, 0.6) is 0 Å². The largest absolute Gasteiger partial charge is 0.366 e. The van der Waals surface area contributed by atoms with Crippen LogP contribution in [0.25, 0.3) is 0 Å². The molecule has 1 aliphatic carbocycles. The fourth-order valence-corrected chi connectivity index (χ4v) is 3.15. The second kappa shape index (κ2) is 6.75. The fourth-order valence-electron chi connectivity index (χ4n) is 3.15. The Morgan fingerprint density at radius 1 is 1.08 bits per heavy atom. The maximum atomic E-state index is 4.65. The number of anilines is 2. The number of hydrogen-bond acceptors (Lipinski definition) is 5. The molecule has 126 valence electrons. The van der Waals surface area contributed by atoms with E-state index >= 15 is 0 Å². The Bertz CT molecular complexity index is 672. The van der Waals surface area contributed by atoms with E-state index in [4.69, 9.17) is 0 Å². The van der Waals surface area contributed by atoms with E-state index in [2.05, 4.69) is 44.2 Å². The normalized spacial score (nSPS) is 18.6. The van der Waals surface area contributed by atoms with E-state index in [0.717, 1.165) is 43.0 Å². The van der Waals surface area contributed by atoms with Crippen molar-refractivity contribution in [3.63, 3.8) is 0 Å². The minimum absolute atomic E-state index is 0.583. The topological polar surface area (TPSA) is 53.9 Å². The van der Waals surface area contributed by atoms with Crippen LogP contribution in [0.4, 0.5) is 11.6 Å². The number of aromatic nitrogens is 3. The standard InChI is InChI=1S/C19H25N5/c1-14-7-10-24(11-8-14)18-5-2-15(13-22-18)12-21-17-6-9-20-19(23-17)16-3-4-16/h2,5-6,9,13-14,16H,3-4,7-8,10-12H2,1H3,(H,20,21,23). The summed E-state index contributed by atoms with van der Waals surface area (Å²) in [6.45, 7) is 5.32. The molecule has 2 fully saturated rings. The molecule has 2 aromatic heterocycles. The van der Waals surface area contributed by atoms with Gasteiger partial charge in [0.2, 0.25) is 0 Å². The molecule has 2 aromatic rings. The molecule has 0 spiro atoms. The Morgan fingerprint density at radius 2 is 1.92 bits per heavy atom. The monoisotopic (exact) mass is 323 g/mol. The molecule has 1 N–H and O–H groups in total. The van der Waals surface area contributed by atoms with Gasteiger partial charge in [0.1, 0.15) is 17.5 Å². The Kier molecular flexibility index (Phi) is 4.32. The molecule has 0 amide bonds. The number of piperidine rings is 1. The van der Waals surface area contributed by atoms with Gasteiger partial charge in [-0.15, -0.1) is 0 Å². The summed E-state index contributed by atoms with van der Waals surface area (Å²) >= 11 is 0. The van der Waals surface area contributed by atoms with E-state index < -0.39 is 0 Å².